The van der Waals surface area contributed by atoms with Crippen LogP contribution in [0.15, 0.2) is 29.0 Å². The van der Waals surface area contributed by atoms with Gasteiger partial charge in [0.25, 0.3) is 0 Å². The van der Waals surface area contributed by atoms with Crippen molar-refractivity contribution >= 4 is 16.9 Å². The van der Waals surface area contributed by atoms with Crippen LogP contribution in [0.2, 0.25) is 0 Å². The molecule has 3 aromatic rings. The standard InChI is InChI=1S/C18H19N3O2/c1-11-5-12(2)18-13(10-23-16(18)6-11)7-17(22)21-4-3-15-14(9-21)8-19-20-15/h5-6,8,10H,3-4,7,9H2,1-2H3,(H,19,20). The lowest BCUT2D eigenvalue weighted by Crippen LogP contribution is -2.36. The van der Waals surface area contributed by atoms with Crippen LogP contribution in [0.3, 0.4) is 0 Å². The zero-order chi connectivity index (χ0) is 16.0. The van der Waals surface area contributed by atoms with Crippen LogP contribution in [0.1, 0.15) is 27.9 Å². The molecule has 23 heavy (non-hydrogen) atoms. The van der Waals surface area contributed by atoms with E-state index in [0.29, 0.717) is 13.0 Å². The molecule has 3 heterocycles. The average molecular weight is 309 g/mol. The number of nitrogens with one attached hydrogen (secondary N) is 1. The summed E-state index contributed by atoms with van der Waals surface area (Å²) in [5, 5.41) is 8.13. The first-order valence-electron chi connectivity index (χ1n) is 7.88. The summed E-state index contributed by atoms with van der Waals surface area (Å²) >= 11 is 0. The van der Waals surface area contributed by atoms with Crippen LogP contribution in [0.5, 0.6) is 0 Å². The van der Waals surface area contributed by atoms with Gasteiger partial charge < -0.3 is 9.32 Å². The van der Waals surface area contributed by atoms with E-state index in [1.54, 1.807) is 6.26 Å². The molecule has 5 nitrogen and oxygen atoms in total. The number of aromatic amines is 1. The van der Waals surface area contributed by atoms with Gasteiger partial charge in [-0.25, -0.2) is 0 Å². The summed E-state index contributed by atoms with van der Waals surface area (Å²) in [6, 6.07) is 4.15. The number of fused-ring (bicyclic) bond motifs is 2. The zero-order valence-electron chi connectivity index (χ0n) is 13.3. The highest BCUT2D eigenvalue weighted by Crippen LogP contribution is 2.27. The molecule has 5 heteroatoms. The Balaban J connectivity index is 1.58. The van der Waals surface area contributed by atoms with Gasteiger partial charge in [0.1, 0.15) is 5.58 Å². The lowest BCUT2D eigenvalue weighted by molar-refractivity contribution is -0.131. The Bertz CT molecular complexity index is 891. The number of amides is 1. The summed E-state index contributed by atoms with van der Waals surface area (Å²) in [5.74, 6) is 0.138. The fraction of sp³-hybridized carbons (Fsp3) is 0.333. The van der Waals surface area contributed by atoms with Crippen molar-refractivity contribution in [3.63, 3.8) is 0 Å². The molecule has 4 rings (SSSR count). The lowest BCUT2D eigenvalue weighted by Gasteiger charge is -2.26. The minimum absolute atomic E-state index is 0.138. The van der Waals surface area contributed by atoms with Crippen molar-refractivity contribution in [2.75, 3.05) is 6.54 Å². The second-order valence-electron chi connectivity index (χ2n) is 6.33. The SMILES string of the molecule is Cc1cc(C)c2c(CC(=O)N3CCc4[nH]ncc4C3)coc2c1. The third-order valence-electron chi connectivity index (χ3n) is 4.59. The Morgan fingerprint density at radius 2 is 2.26 bits per heavy atom. The van der Waals surface area contributed by atoms with Crippen molar-refractivity contribution in [1.82, 2.24) is 15.1 Å². The van der Waals surface area contributed by atoms with Crippen LogP contribution >= 0.6 is 0 Å². The van der Waals surface area contributed by atoms with Gasteiger partial charge in [0.05, 0.1) is 18.9 Å². The number of carbonyl (C=O) groups is 1. The third-order valence-corrected chi connectivity index (χ3v) is 4.59. The normalized spacial score (nSPS) is 14.3. The van der Waals surface area contributed by atoms with Crippen molar-refractivity contribution in [3.05, 3.63) is 52.5 Å². The number of aromatic nitrogens is 2. The summed E-state index contributed by atoms with van der Waals surface area (Å²) in [6.45, 7) is 5.49. The molecule has 1 amide bonds. The minimum atomic E-state index is 0.138. The molecule has 0 saturated carbocycles. The van der Waals surface area contributed by atoms with Gasteiger partial charge in [0.2, 0.25) is 5.91 Å². The van der Waals surface area contributed by atoms with E-state index in [1.807, 2.05) is 17.2 Å². The molecule has 0 aliphatic carbocycles. The van der Waals surface area contributed by atoms with Crippen LogP contribution < -0.4 is 0 Å². The van der Waals surface area contributed by atoms with E-state index in [1.165, 1.54) is 5.56 Å². The Kier molecular flexibility index (Phi) is 3.22. The quantitative estimate of drug-likeness (QED) is 0.791. The molecule has 0 radical (unpaired) electrons. The van der Waals surface area contributed by atoms with E-state index < -0.39 is 0 Å². The molecule has 1 N–H and O–H groups in total. The van der Waals surface area contributed by atoms with Crippen molar-refractivity contribution in [3.8, 4) is 0 Å². The first-order chi connectivity index (χ1) is 11.1. The lowest BCUT2D eigenvalue weighted by atomic mass is 10.0. The number of benzene rings is 1. The van der Waals surface area contributed by atoms with Crippen LogP contribution in [0.25, 0.3) is 11.0 Å². The third kappa shape index (κ3) is 2.42. The van der Waals surface area contributed by atoms with Crippen molar-refractivity contribution in [1.29, 1.82) is 0 Å². The number of carbonyl (C=O) groups excluding carboxylic acids is 1. The fourth-order valence-electron chi connectivity index (χ4n) is 3.47. The van der Waals surface area contributed by atoms with Crippen LogP contribution in [0, 0.1) is 13.8 Å². The summed E-state index contributed by atoms with van der Waals surface area (Å²) in [6.07, 6.45) is 4.76. The molecule has 0 fully saturated rings. The molecule has 2 aromatic heterocycles. The molecule has 118 valence electrons. The van der Waals surface area contributed by atoms with Crippen molar-refractivity contribution < 1.29 is 9.21 Å². The minimum Gasteiger partial charge on any atom is -0.464 e. The van der Waals surface area contributed by atoms with Gasteiger partial charge in [-0.2, -0.15) is 5.10 Å². The Hall–Kier alpha value is -2.56. The summed E-state index contributed by atoms with van der Waals surface area (Å²) in [4.78, 5) is 14.6. The number of hydrogen-bond acceptors (Lipinski definition) is 3. The summed E-state index contributed by atoms with van der Waals surface area (Å²) < 4.78 is 5.66. The second kappa shape index (κ2) is 5.26. The van der Waals surface area contributed by atoms with Crippen LogP contribution in [0.4, 0.5) is 0 Å². The van der Waals surface area contributed by atoms with Crippen LogP contribution in [-0.2, 0) is 24.2 Å². The molecule has 1 aliphatic heterocycles. The number of aryl methyl sites for hydroxylation is 2. The number of rotatable bonds is 2. The predicted octanol–water partition coefficient (Wildman–Crippen LogP) is 2.90. The zero-order valence-corrected chi connectivity index (χ0v) is 13.3. The van der Waals surface area contributed by atoms with Gasteiger partial charge in [0, 0.05) is 41.7 Å². The van der Waals surface area contributed by atoms with Gasteiger partial charge in [-0.05, 0) is 31.0 Å². The predicted molar refractivity (Wildman–Crippen MR) is 87.1 cm³/mol. The van der Waals surface area contributed by atoms with E-state index in [2.05, 4.69) is 30.1 Å². The second-order valence-corrected chi connectivity index (χ2v) is 6.33. The number of nitrogens with zero attached hydrogens (tertiary/aromatic N) is 2. The first kappa shape index (κ1) is 14.1. The Labute approximate surface area is 134 Å². The smallest absolute Gasteiger partial charge is 0.227 e. The fourth-order valence-corrected chi connectivity index (χ4v) is 3.47. The van der Waals surface area contributed by atoms with E-state index in [4.69, 9.17) is 4.42 Å². The maximum atomic E-state index is 12.7. The molecule has 0 spiro atoms. The maximum Gasteiger partial charge on any atom is 0.227 e. The molecular formula is C18H19N3O2. The van der Waals surface area contributed by atoms with E-state index in [9.17, 15) is 4.79 Å². The molecular weight excluding hydrogens is 290 g/mol. The highest BCUT2D eigenvalue weighted by atomic mass is 16.3. The van der Waals surface area contributed by atoms with E-state index in [0.717, 1.165) is 46.3 Å². The molecule has 0 bridgehead atoms. The highest BCUT2D eigenvalue weighted by Gasteiger charge is 2.23. The van der Waals surface area contributed by atoms with Crippen molar-refractivity contribution in [2.45, 2.75) is 33.2 Å². The molecule has 0 atom stereocenters. The summed E-state index contributed by atoms with van der Waals surface area (Å²) in [5.41, 5.74) is 6.43. The summed E-state index contributed by atoms with van der Waals surface area (Å²) in [7, 11) is 0. The monoisotopic (exact) mass is 309 g/mol. The first-order valence-corrected chi connectivity index (χ1v) is 7.88. The molecule has 1 aromatic carbocycles. The number of hydrogen-bond donors (Lipinski definition) is 1. The van der Waals surface area contributed by atoms with Crippen LogP contribution in [-0.4, -0.2) is 27.5 Å². The van der Waals surface area contributed by atoms with E-state index >= 15 is 0 Å². The molecule has 0 unspecified atom stereocenters. The van der Waals surface area contributed by atoms with E-state index in [-0.39, 0.29) is 5.91 Å². The Morgan fingerprint density at radius 1 is 1.39 bits per heavy atom. The Morgan fingerprint density at radius 3 is 3.13 bits per heavy atom. The largest absolute Gasteiger partial charge is 0.464 e. The van der Waals surface area contributed by atoms with Gasteiger partial charge in [-0.3, -0.25) is 9.89 Å². The number of H-pyrrole nitrogens is 1. The topological polar surface area (TPSA) is 62.1 Å². The van der Waals surface area contributed by atoms with Crippen molar-refractivity contribution in [2.24, 2.45) is 0 Å². The highest BCUT2D eigenvalue weighted by molar-refractivity contribution is 5.90. The van der Waals surface area contributed by atoms with Gasteiger partial charge >= 0.3 is 0 Å². The number of furan rings is 1. The molecule has 1 aliphatic rings. The maximum absolute atomic E-state index is 12.7. The average Bonchev–Trinajstić information content (AvgIpc) is 3.13. The van der Waals surface area contributed by atoms with Gasteiger partial charge in [-0.15, -0.1) is 0 Å². The molecule has 0 saturated heterocycles. The van der Waals surface area contributed by atoms with Gasteiger partial charge in [0.15, 0.2) is 0 Å². The van der Waals surface area contributed by atoms with Gasteiger partial charge in [-0.1, -0.05) is 6.07 Å².